The number of hydrogen-bond donors (Lipinski definition) is 1. The van der Waals surface area contributed by atoms with Crippen molar-refractivity contribution in [2.75, 3.05) is 7.05 Å². The fourth-order valence-electron chi connectivity index (χ4n) is 3.46. The SMILES string of the molecule is CN1C(=O)C(C)(C)[C@@](C)(c2cc(Cc3ccccc3)ccc2F)N=C1N. The first-order valence-electron chi connectivity index (χ1n) is 8.63. The van der Waals surface area contributed by atoms with Gasteiger partial charge in [0.1, 0.15) is 11.4 Å². The van der Waals surface area contributed by atoms with Gasteiger partial charge < -0.3 is 5.73 Å². The molecule has 0 aromatic heterocycles. The molecule has 0 aliphatic carbocycles. The van der Waals surface area contributed by atoms with E-state index in [0.29, 0.717) is 12.0 Å². The number of guanidine groups is 1. The lowest BCUT2D eigenvalue weighted by molar-refractivity contribution is -0.140. The third kappa shape index (κ3) is 2.77. The van der Waals surface area contributed by atoms with Crippen molar-refractivity contribution < 1.29 is 9.18 Å². The Morgan fingerprint density at radius 2 is 1.73 bits per heavy atom. The highest BCUT2D eigenvalue weighted by Gasteiger charge is 2.53. The van der Waals surface area contributed by atoms with Crippen molar-refractivity contribution in [1.29, 1.82) is 0 Å². The minimum absolute atomic E-state index is 0.102. The summed E-state index contributed by atoms with van der Waals surface area (Å²) in [5.74, 6) is -0.462. The van der Waals surface area contributed by atoms with Gasteiger partial charge in [-0.3, -0.25) is 9.69 Å². The van der Waals surface area contributed by atoms with Crippen LogP contribution in [0.3, 0.4) is 0 Å². The summed E-state index contributed by atoms with van der Waals surface area (Å²) in [6.45, 7) is 5.34. The van der Waals surface area contributed by atoms with Gasteiger partial charge in [-0.2, -0.15) is 0 Å². The fraction of sp³-hybridized carbons (Fsp3) is 0.333. The Bertz CT molecular complexity index is 876. The van der Waals surface area contributed by atoms with E-state index in [4.69, 9.17) is 5.73 Å². The maximum atomic E-state index is 14.8. The van der Waals surface area contributed by atoms with Gasteiger partial charge in [0.15, 0.2) is 5.96 Å². The summed E-state index contributed by atoms with van der Waals surface area (Å²) in [7, 11) is 1.59. The van der Waals surface area contributed by atoms with Crippen LogP contribution >= 0.6 is 0 Å². The van der Waals surface area contributed by atoms with Crippen molar-refractivity contribution >= 4 is 11.9 Å². The topological polar surface area (TPSA) is 58.7 Å². The Morgan fingerprint density at radius 1 is 1.08 bits per heavy atom. The van der Waals surface area contributed by atoms with Gasteiger partial charge in [0.25, 0.3) is 0 Å². The molecule has 0 spiro atoms. The van der Waals surface area contributed by atoms with Crippen LogP contribution < -0.4 is 5.73 Å². The quantitative estimate of drug-likeness (QED) is 0.919. The molecule has 2 aromatic carbocycles. The van der Waals surface area contributed by atoms with Gasteiger partial charge in [-0.15, -0.1) is 0 Å². The molecule has 136 valence electrons. The second-order valence-electron chi connectivity index (χ2n) is 7.51. The molecule has 3 rings (SSSR count). The number of benzene rings is 2. The van der Waals surface area contributed by atoms with Crippen molar-refractivity contribution in [1.82, 2.24) is 4.90 Å². The standard InChI is InChI=1S/C21H24FN3O/c1-20(2)18(26)25(4)19(23)24-21(20,3)16-13-15(10-11-17(16)22)12-14-8-6-5-7-9-14/h5-11,13H,12H2,1-4H3,(H2,23,24)/t21-/m1/s1. The van der Waals surface area contributed by atoms with Gasteiger partial charge in [0.05, 0.1) is 5.41 Å². The minimum atomic E-state index is -1.09. The predicted octanol–water partition coefficient (Wildman–Crippen LogP) is 3.44. The van der Waals surface area contributed by atoms with Gasteiger partial charge in [-0.1, -0.05) is 42.5 Å². The third-order valence-corrected chi connectivity index (χ3v) is 5.54. The van der Waals surface area contributed by atoms with E-state index in [1.807, 2.05) is 30.3 Å². The molecular weight excluding hydrogens is 329 g/mol. The lowest BCUT2D eigenvalue weighted by Crippen LogP contribution is -2.58. The summed E-state index contributed by atoms with van der Waals surface area (Å²) < 4.78 is 14.8. The van der Waals surface area contributed by atoms with Crippen LogP contribution in [0.15, 0.2) is 53.5 Å². The zero-order valence-corrected chi connectivity index (χ0v) is 15.6. The van der Waals surface area contributed by atoms with Crippen LogP contribution in [0, 0.1) is 11.2 Å². The second-order valence-corrected chi connectivity index (χ2v) is 7.51. The van der Waals surface area contributed by atoms with E-state index in [2.05, 4.69) is 4.99 Å². The molecule has 26 heavy (non-hydrogen) atoms. The van der Waals surface area contributed by atoms with E-state index in [-0.39, 0.29) is 17.7 Å². The molecule has 0 fully saturated rings. The Labute approximate surface area is 153 Å². The lowest BCUT2D eigenvalue weighted by Gasteiger charge is -2.46. The normalized spacial score (nSPS) is 22.3. The Morgan fingerprint density at radius 3 is 2.38 bits per heavy atom. The number of nitrogens with zero attached hydrogens (tertiary/aromatic N) is 2. The number of rotatable bonds is 3. The van der Waals surface area contributed by atoms with Crippen molar-refractivity contribution in [2.45, 2.75) is 32.7 Å². The van der Waals surface area contributed by atoms with Crippen molar-refractivity contribution in [3.8, 4) is 0 Å². The van der Waals surface area contributed by atoms with Gasteiger partial charge in [0.2, 0.25) is 5.91 Å². The Hall–Kier alpha value is -2.69. The van der Waals surface area contributed by atoms with Crippen molar-refractivity contribution in [3.05, 3.63) is 71.0 Å². The molecule has 2 aromatic rings. The molecule has 1 amide bonds. The number of hydrogen-bond acceptors (Lipinski definition) is 3. The molecule has 2 N–H and O–H groups in total. The summed E-state index contributed by atoms with van der Waals surface area (Å²) in [6.07, 6.45) is 0.678. The molecule has 1 aliphatic rings. The molecule has 1 aliphatic heterocycles. The maximum absolute atomic E-state index is 14.8. The first kappa shape index (κ1) is 18.1. The third-order valence-electron chi connectivity index (χ3n) is 5.54. The van der Waals surface area contributed by atoms with E-state index in [1.165, 1.54) is 11.0 Å². The molecule has 1 heterocycles. The summed E-state index contributed by atoms with van der Waals surface area (Å²) in [6, 6.07) is 15.0. The highest BCUT2D eigenvalue weighted by molar-refractivity contribution is 6.01. The molecule has 0 unspecified atom stereocenters. The average molecular weight is 353 g/mol. The number of carbonyl (C=O) groups excluding carboxylic acids is 1. The van der Waals surface area contributed by atoms with Gasteiger partial charge in [0, 0.05) is 12.6 Å². The van der Waals surface area contributed by atoms with Crippen LogP contribution in [0.2, 0.25) is 0 Å². The average Bonchev–Trinajstić information content (AvgIpc) is 2.61. The molecule has 0 saturated carbocycles. The van der Waals surface area contributed by atoms with E-state index in [9.17, 15) is 9.18 Å². The van der Waals surface area contributed by atoms with Gasteiger partial charge >= 0.3 is 0 Å². The number of halogens is 1. The highest BCUT2D eigenvalue weighted by Crippen LogP contribution is 2.47. The van der Waals surface area contributed by atoms with E-state index < -0.39 is 11.0 Å². The Kier molecular flexibility index (Phi) is 4.34. The van der Waals surface area contributed by atoms with Crippen molar-refractivity contribution in [3.63, 3.8) is 0 Å². The van der Waals surface area contributed by atoms with Crippen LogP contribution in [0.25, 0.3) is 0 Å². The monoisotopic (exact) mass is 353 g/mol. The zero-order chi connectivity index (χ0) is 19.1. The summed E-state index contributed by atoms with van der Waals surface area (Å²) >= 11 is 0. The molecule has 4 nitrogen and oxygen atoms in total. The maximum Gasteiger partial charge on any atom is 0.237 e. The lowest BCUT2D eigenvalue weighted by atomic mass is 9.67. The largest absolute Gasteiger partial charge is 0.369 e. The minimum Gasteiger partial charge on any atom is -0.369 e. The molecule has 5 heteroatoms. The van der Waals surface area contributed by atoms with E-state index in [0.717, 1.165) is 11.1 Å². The van der Waals surface area contributed by atoms with E-state index >= 15 is 0 Å². The highest BCUT2D eigenvalue weighted by atomic mass is 19.1. The zero-order valence-electron chi connectivity index (χ0n) is 15.6. The van der Waals surface area contributed by atoms with Crippen LogP contribution in [0.4, 0.5) is 4.39 Å². The van der Waals surface area contributed by atoms with Crippen LogP contribution in [-0.2, 0) is 16.8 Å². The number of carbonyl (C=O) groups is 1. The smallest absolute Gasteiger partial charge is 0.237 e. The van der Waals surface area contributed by atoms with Crippen molar-refractivity contribution in [2.24, 2.45) is 16.1 Å². The number of aliphatic imine (C=N–C) groups is 1. The summed E-state index contributed by atoms with van der Waals surface area (Å²) in [5.41, 5.74) is 6.42. The molecular formula is C21H24FN3O. The predicted molar refractivity (Wildman–Crippen MR) is 101 cm³/mol. The fourth-order valence-corrected chi connectivity index (χ4v) is 3.46. The molecule has 1 atom stereocenters. The molecule has 0 bridgehead atoms. The van der Waals surface area contributed by atoms with Gasteiger partial charge in [-0.05, 0) is 44.4 Å². The van der Waals surface area contributed by atoms with E-state index in [1.54, 1.807) is 40.0 Å². The van der Waals surface area contributed by atoms with Crippen LogP contribution in [0.1, 0.15) is 37.5 Å². The second kappa shape index (κ2) is 6.24. The van der Waals surface area contributed by atoms with Crippen LogP contribution in [-0.4, -0.2) is 23.8 Å². The van der Waals surface area contributed by atoms with Gasteiger partial charge in [-0.25, -0.2) is 9.38 Å². The first-order chi connectivity index (χ1) is 12.2. The molecule has 0 radical (unpaired) electrons. The summed E-state index contributed by atoms with van der Waals surface area (Å²) in [5, 5.41) is 0. The number of nitrogens with two attached hydrogens (primary N) is 1. The molecule has 0 saturated heterocycles. The number of amides is 1. The van der Waals surface area contributed by atoms with Crippen LogP contribution in [0.5, 0.6) is 0 Å². The summed E-state index contributed by atoms with van der Waals surface area (Å²) in [4.78, 5) is 18.6. The first-order valence-corrected chi connectivity index (χ1v) is 8.63. The Balaban J connectivity index is 2.10.